The van der Waals surface area contributed by atoms with Crippen LogP contribution in [0.3, 0.4) is 0 Å². The highest BCUT2D eigenvalue weighted by Gasteiger charge is 2.09. The van der Waals surface area contributed by atoms with E-state index < -0.39 is 0 Å². The van der Waals surface area contributed by atoms with Gasteiger partial charge in [-0.05, 0) is 11.6 Å². The van der Waals surface area contributed by atoms with Crippen molar-refractivity contribution in [3.63, 3.8) is 0 Å². The molecule has 0 aliphatic rings. The van der Waals surface area contributed by atoms with Crippen molar-refractivity contribution in [1.29, 1.82) is 0 Å². The number of benzene rings is 1. The fourth-order valence-electron chi connectivity index (χ4n) is 1.49. The van der Waals surface area contributed by atoms with Gasteiger partial charge in [-0.15, -0.1) is 0 Å². The highest BCUT2D eigenvalue weighted by Crippen LogP contribution is 2.28. The van der Waals surface area contributed by atoms with Crippen molar-refractivity contribution in [2.45, 2.75) is 6.54 Å². The number of hydrogen-bond acceptors (Lipinski definition) is 3. The average Bonchev–Trinajstić information content (AvgIpc) is 2.25. The Balaban J connectivity index is 2.90. The van der Waals surface area contributed by atoms with E-state index in [1.54, 1.807) is 7.11 Å². The SMILES string of the molecule is COCCN(C)c1c(Cl)cccc1CN. The van der Waals surface area contributed by atoms with E-state index in [2.05, 4.69) is 4.90 Å². The Hall–Kier alpha value is -0.770. The van der Waals surface area contributed by atoms with Gasteiger partial charge in [-0.25, -0.2) is 0 Å². The molecule has 0 heterocycles. The van der Waals surface area contributed by atoms with Crippen molar-refractivity contribution < 1.29 is 4.74 Å². The van der Waals surface area contributed by atoms with Crippen molar-refractivity contribution in [3.05, 3.63) is 28.8 Å². The number of methoxy groups -OCH3 is 1. The minimum Gasteiger partial charge on any atom is -0.383 e. The third kappa shape index (κ3) is 3.09. The minimum absolute atomic E-state index is 0.493. The van der Waals surface area contributed by atoms with Crippen LogP contribution in [0, 0.1) is 0 Å². The normalized spacial score (nSPS) is 10.4. The van der Waals surface area contributed by atoms with Gasteiger partial charge in [0.2, 0.25) is 0 Å². The Kier molecular flexibility index (Phi) is 4.88. The molecular formula is C11H17ClN2O. The lowest BCUT2D eigenvalue weighted by atomic mass is 10.1. The van der Waals surface area contributed by atoms with E-state index >= 15 is 0 Å². The molecule has 0 unspecified atom stereocenters. The molecule has 0 saturated carbocycles. The molecule has 15 heavy (non-hydrogen) atoms. The molecule has 1 aromatic rings. The van der Waals surface area contributed by atoms with Crippen LogP contribution >= 0.6 is 11.6 Å². The van der Waals surface area contributed by atoms with Crippen LogP contribution in [-0.2, 0) is 11.3 Å². The van der Waals surface area contributed by atoms with Gasteiger partial charge in [0.15, 0.2) is 0 Å². The fourth-order valence-corrected chi connectivity index (χ4v) is 1.83. The second-order valence-electron chi connectivity index (χ2n) is 3.37. The van der Waals surface area contributed by atoms with E-state index in [-0.39, 0.29) is 0 Å². The summed E-state index contributed by atoms with van der Waals surface area (Å²) in [6, 6.07) is 5.78. The topological polar surface area (TPSA) is 38.5 Å². The lowest BCUT2D eigenvalue weighted by Gasteiger charge is -2.22. The van der Waals surface area contributed by atoms with Crippen LogP contribution in [0.5, 0.6) is 0 Å². The van der Waals surface area contributed by atoms with Crippen LogP contribution in [0.25, 0.3) is 0 Å². The Labute approximate surface area is 95.8 Å². The monoisotopic (exact) mass is 228 g/mol. The molecule has 0 aromatic heterocycles. The lowest BCUT2D eigenvalue weighted by Crippen LogP contribution is -2.24. The van der Waals surface area contributed by atoms with Gasteiger partial charge >= 0.3 is 0 Å². The predicted octanol–water partition coefficient (Wildman–Crippen LogP) is 1.88. The number of rotatable bonds is 5. The van der Waals surface area contributed by atoms with Crippen molar-refractivity contribution in [2.24, 2.45) is 5.73 Å². The molecular weight excluding hydrogens is 212 g/mol. The summed E-state index contributed by atoms with van der Waals surface area (Å²) in [4.78, 5) is 2.06. The molecule has 0 radical (unpaired) electrons. The van der Waals surface area contributed by atoms with E-state index in [4.69, 9.17) is 22.1 Å². The molecule has 3 nitrogen and oxygen atoms in total. The third-order valence-electron chi connectivity index (χ3n) is 2.30. The molecule has 0 bridgehead atoms. The molecule has 0 atom stereocenters. The number of anilines is 1. The van der Waals surface area contributed by atoms with Gasteiger partial charge in [-0.2, -0.15) is 0 Å². The maximum absolute atomic E-state index is 6.14. The number of hydrogen-bond donors (Lipinski definition) is 1. The highest BCUT2D eigenvalue weighted by molar-refractivity contribution is 6.33. The fraction of sp³-hybridized carbons (Fsp3) is 0.455. The summed E-state index contributed by atoms with van der Waals surface area (Å²) in [5.74, 6) is 0. The van der Waals surface area contributed by atoms with E-state index in [0.29, 0.717) is 13.2 Å². The summed E-state index contributed by atoms with van der Waals surface area (Å²) in [6.07, 6.45) is 0. The zero-order valence-corrected chi connectivity index (χ0v) is 9.92. The summed E-state index contributed by atoms with van der Waals surface area (Å²) in [6.45, 7) is 1.96. The molecule has 2 N–H and O–H groups in total. The first kappa shape index (κ1) is 12.3. The summed E-state index contributed by atoms with van der Waals surface area (Å²) in [5.41, 5.74) is 7.72. The molecule has 0 spiro atoms. The summed E-state index contributed by atoms with van der Waals surface area (Å²) in [5, 5.41) is 0.733. The molecule has 4 heteroatoms. The molecule has 0 aliphatic carbocycles. The largest absolute Gasteiger partial charge is 0.383 e. The maximum Gasteiger partial charge on any atom is 0.0642 e. The second-order valence-corrected chi connectivity index (χ2v) is 3.77. The number of ether oxygens (including phenoxy) is 1. The number of nitrogens with two attached hydrogens (primary N) is 1. The number of halogens is 1. The zero-order valence-electron chi connectivity index (χ0n) is 9.16. The Morgan fingerprint density at radius 3 is 2.80 bits per heavy atom. The van der Waals surface area contributed by atoms with E-state index in [1.807, 2.05) is 25.2 Å². The molecule has 0 aliphatic heterocycles. The average molecular weight is 229 g/mol. The first-order chi connectivity index (χ1) is 7.20. The van der Waals surface area contributed by atoms with Crippen LogP contribution in [0.1, 0.15) is 5.56 Å². The molecule has 1 rings (SSSR count). The smallest absolute Gasteiger partial charge is 0.0642 e. The lowest BCUT2D eigenvalue weighted by molar-refractivity contribution is 0.206. The van der Waals surface area contributed by atoms with Gasteiger partial charge in [0, 0.05) is 27.2 Å². The Bertz CT molecular complexity index is 317. The van der Waals surface area contributed by atoms with E-state index in [1.165, 1.54) is 0 Å². The minimum atomic E-state index is 0.493. The Morgan fingerprint density at radius 1 is 1.47 bits per heavy atom. The van der Waals surface area contributed by atoms with E-state index in [9.17, 15) is 0 Å². The summed E-state index contributed by atoms with van der Waals surface area (Å²) >= 11 is 6.14. The van der Waals surface area contributed by atoms with Crippen molar-refractivity contribution >= 4 is 17.3 Å². The molecule has 0 saturated heterocycles. The Morgan fingerprint density at radius 2 is 2.20 bits per heavy atom. The van der Waals surface area contributed by atoms with Crippen LogP contribution in [0.2, 0.25) is 5.02 Å². The number of nitrogens with zero attached hydrogens (tertiary/aromatic N) is 1. The summed E-state index contributed by atoms with van der Waals surface area (Å²) in [7, 11) is 3.67. The van der Waals surface area contributed by atoms with Crippen LogP contribution in [0.15, 0.2) is 18.2 Å². The molecule has 1 aromatic carbocycles. The van der Waals surface area contributed by atoms with Gasteiger partial charge in [0.25, 0.3) is 0 Å². The quantitative estimate of drug-likeness (QED) is 0.837. The molecule has 0 amide bonds. The number of para-hydroxylation sites is 1. The van der Waals surface area contributed by atoms with Gasteiger partial charge < -0.3 is 15.4 Å². The molecule has 84 valence electrons. The second kappa shape index (κ2) is 5.95. The maximum atomic E-state index is 6.14. The number of likely N-dealkylation sites (N-methyl/N-ethyl adjacent to an activating group) is 1. The van der Waals surface area contributed by atoms with Gasteiger partial charge in [0.1, 0.15) is 0 Å². The van der Waals surface area contributed by atoms with Gasteiger partial charge in [-0.1, -0.05) is 23.7 Å². The highest BCUT2D eigenvalue weighted by atomic mass is 35.5. The van der Waals surface area contributed by atoms with Gasteiger partial charge in [0.05, 0.1) is 17.3 Å². The first-order valence-corrected chi connectivity index (χ1v) is 5.26. The molecule has 0 fully saturated rings. The van der Waals surface area contributed by atoms with Crippen molar-refractivity contribution in [1.82, 2.24) is 0 Å². The zero-order chi connectivity index (χ0) is 11.3. The first-order valence-electron chi connectivity index (χ1n) is 4.88. The van der Waals surface area contributed by atoms with Crippen LogP contribution in [0.4, 0.5) is 5.69 Å². The standard InChI is InChI=1S/C11H17ClN2O/c1-14(6-7-15-2)11-9(8-13)4-3-5-10(11)12/h3-5H,6-8,13H2,1-2H3. The van der Waals surface area contributed by atoms with Gasteiger partial charge in [-0.3, -0.25) is 0 Å². The summed E-state index contributed by atoms with van der Waals surface area (Å²) < 4.78 is 5.03. The van der Waals surface area contributed by atoms with Crippen molar-refractivity contribution in [3.8, 4) is 0 Å². The van der Waals surface area contributed by atoms with E-state index in [0.717, 1.165) is 22.8 Å². The van der Waals surface area contributed by atoms with Crippen LogP contribution in [-0.4, -0.2) is 27.3 Å². The van der Waals surface area contributed by atoms with Crippen LogP contribution < -0.4 is 10.6 Å². The third-order valence-corrected chi connectivity index (χ3v) is 2.61. The van der Waals surface area contributed by atoms with Crippen molar-refractivity contribution in [2.75, 3.05) is 32.2 Å². The predicted molar refractivity (Wildman–Crippen MR) is 64.5 cm³/mol.